The minimum atomic E-state index is -0.310. The van der Waals surface area contributed by atoms with Crippen molar-refractivity contribution in [3.8, 4) is 0 Å². The fourth-order valence-electron chi connectivity index (χ4n) is 3.39. The Kier molecular flexibility index (Phi) is 5.33. The van der Waals surface area contributed by atoms with Crippen molar-refractivity contribution >= 4 is 22.9 Å². The summed E-state index contributed by atoms with van der Waals surface area (Å²) in [7, 11) is 3.43. The quantitative estimate of drug-likeness (QED) is 0.500. The van der Waals surface area contributed by atoms with Gasteiger partial charge in [0.2, 0.25) is 0 Å². The Morgan fingerprint density at radius 2 is 1.67 bits per heavy atom. The molecule has 0 aliphatic heterocycles. The monoisotopic (exact) mass is 386 g/mol. The van der Waals surface area contributed by atoms with Crippen molar-refractivity contribution in [2.45, 2.75) is 45.6 Å². The fourth-order valence-corrected chi connectivity index (χ4v) is 4.62. The van der Waals surface area contributed by atoms with Gasteiger partial charge in [-0.25, -0.2) is 9.78 Å². The Hall–Kier alpha value is -2.28. The number of rotatable bonds is 5. The largest absolute Gasteiger partial charge is 0.332 e. The Bertz CT molecular complexity index is 1110. The van der Waals surface area contributed by atoms with E-state index in [1.54, 1.807) is 36.8 Å². The first-order valence-corrected chi connectivity index (χ1v) is 10.0. The topological polar surface area (TPSA) is 61.8 Å². The number of nitrogens with zero attached hydrogens (tertiary/aromatic N) is 4. The Morgan fingerprint density at radius 1 is 1.04 bits per heavy atom. The van der Waals surface area contributed by atoms with Crippen LogP contribution in [0.15, 0.2) is 26.9 Å². The van der Waals surface area contributed by atoms with Gasteiger partial charge in [0.1, 0.15) is 0 Å². The second kappa shape index (κ2) is 7.38. The maximum Gasteiger partial charge on any atom is 0.332 e. The number of benzene rings is 1. The van der Waals surface area contributed by atoms with Crippen molar-refractivity contribution < 1.29 is 0 Å². The third-order valence-corrected chi connectivity index (χ3v) is 6.66. The molecular weight excluding hydrogens is 360 g/mol. The molecule has 0 saturated heterocycles. The normalized spacial score (nSPS) is 11.5. The van der Waals surface area contributed by atoms with Crippen LogP contribution >= 0.6 is 11.8 Å². The predicted molar refractivity (Wildman–Crippen MR) is 111 cm³/mol. The van der Waals surface area contributed by atoms with E-state index in [0.29, 0.717) is 17.7 Å². The summed E-state index contributed by atoms with van der Waals surface area (Å²) in [5.74, 6) is 0.851. The molecule has 6 nitrogen and oxygen atoms in total. The first kappa shape index (κ1) is 19.5. The molecular formula is C20H26N4O2S. The van der Waals surface area contributed by atoms with Crippen molar-refractivity contribution in [2.75, 3.05) is 5.75 Å². The molecule has 0 aliphatic rings. The molecule has 0 atom stereocenters. The lowest BCUT2D eigenvalue weighted by molar-refractivity contribution is 0.594. The average molecular weight is 387 g/mol. The van der Waals surface area contributed by atoms with E-state index < -0.39 is 0 Å². The zero-order chi connectivity index (χ0) is 19.9. The minimum absolute atomic E-state index is 0.267. The number of imidazole rings is 1. The second-order valence-corrected chi connectivity index (χ2v) is 8.22. The van der Waals surface area contributed by atoms with Gasteiger partial charge in [0.05, 0.1) is 6.33 Å². The van der Waals surface area contributed by atoms with Crippen molar-refractivity contribution in [3.63, 3.8) is 0 Å². The highest BCUT2D eigenvalue weighted by molar-refractivity contribution is 7.99. The van der Waals surface area contributed by atoms with Crippen molar-refractivity contribution in [1.29, 1.82) is 0 Å². The van der Waals surface area contributed by atoms with E-state index in [1.807, 2.05) is 0 Å². The molecule has 3 rings (SSSR count). The molecule has 2 heterocycles. The summed E-state index contributed by atoms with van der Waals surface area (Å²) in [4.78, 5) is 30.7. The Morgan fingerprint density at radius 3 is 2.30 bits per heavy atom. The van der Waals surface area contributed by atoms with Crippen LogP contribution in [0.4, 0.5) is 0 Å². The third kappa shape index (κ3) is 3.36. The summed E-state index contributed by atoms with van der Waals surface area (Å²) in [5.41, 5.74) is 5.54. The fraction of sp³-hybridized carbons (Fsp3) is 0.450. The molecule has 0 radical (unpaired) electrons. The molecule has 27 heavy (non-hydrogen) atoms. The summed E-state index contributed by atoms with van der Waals surface area (Å²) in [6.07, 6.45) is 2.31. The zero-order valence-corrected chi connectivity index (χ0v) is 17.6. The average Bonchev–Trinajstić information content (AvgIpc) is 3.02. The molecule has 1 aromatic carbocycles. The second-order valence-electron chi connectivity index (χ2n) is 7.12. The van der Waals surface area contributed by atoms with Gasteiger partial charge >= 0.3 is 5.69 Å². The van der Waals surface area contributed by atoms with E-state index in [-0.39, 0.29) is 11.2 Å². The summed E-state index contributed by atoms with van der Waals surface area (Å²) >= 11 is 1.80. The van der Waals surface area contributed by atoms with Crippen LogP contribution < -0.4 is 11.2 Å². The molecule has 3 aromatic rings. The number of thioether (sulfide) groups is 1. The van der Waals surface area contributed by atoms with Crippen LogP contribution in [-0.2, 0) is 20.6 Å². The van der Waals surface area contributed by atoms with Gasteiger partial charge in [-0.1, -0.05) is 6.07 Å². The van der Waals surface area contributed by atoms with E-state index in [1.165, 1.54) is 36.3 Å². The molecule has 0 bridgehead atoms. The molecule has 2 aromatic heterocycles. The minimum Gasteiger partial charge on any atom is -0.328 e. The third-order valence-electron chi connectivity index (χ3n) is 5.27. The van der Waals surface area contributed by atoms with Crippen LogP contribution in [0.5, 0.6) is 0 Å². The van der Waals surface area contributed by atoms with Crippen LogP contribution in [-0.4, -0.2) is 24.4 Å². The first-order chi connectivity index (χ1) is 12.7. The summed E-state index contributed by atoms with van der Waals surface area (Å²) in [6.45, 7) is 8.99. The van der Waals surface area contributed by atoms with Crippen LogP contribution in [0.2, 0.25) is 0 Å². The molecule has 0 fully saturated rings. The van der Waals surface area contributed by atoms with Gasteiger partial charge in [0.15, 0.2) is 11.2 Å². The molecule has 0 unspecified atom stereocenters. The zero-order valence-electron chi connectivity index (χ0n) is 16.8. The van der Waals surface area contributed by atoms with Crippen LogP contribution in [0.3, 0.4) is 0 Å². The lowest BCUT2D eigenvalue weighted by Gasteiger charge is -2.15. The molecule has 0 aliphatic carbocycles. The molecule has 0 saturated carbocycles. The van der Waals surface area contributed by atoms with Crippen molar-refractivity contribution in [1.82, 2.24) is 18.7 Å². The smallest absolute Gasteiger partial charge is 0.328 e. The predicted octanol–water partition coefficient (Wildman–Crippen LogP) is 2.85. The lowest BCUT2D eigenvalue weighted by atomic mass is 10.0. The summed E-state index contributed by atoms with van der Waals surface area (Å²) < 4.78 is 4.44. The molecule has 7 heteroatoms. The SMILES string of the molecule is Cc1cc(C)c(C)c(SCCCn2c(=O)c3c(ncn3C)n(C)c2=O)c1C. The van der Waals surface area contributed by atoms with Gasteiger partial charge in [0, 0.05) is 25.5 Å². The Labute approximate surface area is 162 Å². The van der Waals surface area contributed by atoms with Crippen LogP contribution in [0, 0.1) is 27.7 Å². The molecule has 144 valence electrons. The maximum atomic E-state index is 12.7. The van der Waals surface area contributed by atoms with Crippen LogP contribution in [0.1, 0.15) is 28.7 Å². The van der Waals surface area contributed by atoms with Crippen molar-refractivity contribution in [3.05, 3.63) is 55.5 Å². The molecule has 0 amide bonds. The number of fused-ring (bicyclic) bond motifs is 1. The van der Waals surface area contributed by atoms with E-state index in [0.717, 1.165) is 12.2 Å². The summed E-state index contributed by atoms with van der Waals surface area (Å²) in [5, 5.41) is 0. The number of hydrogen-bond acceptors (Lipinski definition) is 4. The number of aryl methyl sites for hydroxylation is 4. The molecule has 0 spiro atoms. The highest BCUT2D eigenvalue weighted by Crippen LogP contribution is 2.31. The number of aromatic nitrogens is 4. The summed E-state index contributed by atoms with van der Waals surface area (Å²) in [6, 6.07) is 2.22. The van der Waals surface area contributed by atoms with E-state index in [2.05, 4.69) is 38.7 Å². The lowest BCUT2D eigenvalue weighted by Crippen LogP contribution is -2.39. The van der Waals surface area contributed by atoms with Gasteiger partial charge in [0.25, 0.3) is 5.56 Å². The van der Waals surface area contributed by atoms with Gasteiger partial charge < -0.3 is 4.57 Å². The Balaban J connectivity index is 1.81. The molecule has 0 N–H and O–H groups in total. The van der Waals surface area contributed by atoms with E-state index >= 15 is 0 Å². The van der Waals surface area contributed by atoms with Crippen molar-refractivity contribution in [2.24, 2.45) is 14.1 Å². The highest BCUT2D eigenvalue weighted by Gasteiger charge is 2.15. The van der Waals surface area contributed by atoms with Gasteiger partial charge in [-0.3, -0.25) is 13.9 Å². The van der Waals surface area contributed by atoms with Gasteiger partial charge in [-0.2, -0.15) is 0 Å². The maximum absolute atomic E-state index is 12.7. The first-order valence-electron chi connectivity index (χ1n) is 9.05. The van der Waals surface area contributed by atoms with Crippen LogP contribution in [0.25, 0.3) is 11.2 Å². The number of hydrogen-bond donors (Lipinski definition) is 0. The van der Waals surface area contributed by atoms with Gasteiger partial charge in [-0.15, -0.1) is 11.8 Å². The highest BCUT2D eigenvalue weighted by atomic mass is 32.2. The van der Waals surface area contributed by atoms with E-state index in [4.69, 9.17) is 0 Å². The standard InChI is InChI=1S/C20H26N4O2S/c1-12-10-13(2)15(4)17(14(12)3)27-9-7-8-24-19(25)16-18(21-11-22(16)5)23(6)20(24)26/h10-11H,7-9H2,1-6H3. The van der Waals surface area contributed by atoms with Gasteiger partial charge in [-0.05, 0) is 62.1 Å². The van der Waals surface area contributed by atoms with E-state index in [9.17, 15) is 9.59 Å².